The normalized spacial score (nSPS) is 9.87. The van der Waals surface area contributed by atoms with Crippen LogP contribution >= 0.6 is 22.9 Å². The highest BCUT2D eigenvalue weighted by Crippen LogP contribution is 2.30. The number of nitriles is 1. The van der Waals surface area contributed by atoms with E-state index in [0.29, 0.717) is 11.6 Å². The Balaban J connectivity index is 2.40. The topological polar surface area (TPSA) is 49.6 Å². The molecule has 0 aliphatic heterocycles. The van der Waals surface area contributed by atoms with Gasteiger partial charge in [0.05, 0.1) is 17.4 Å². The van der Waals surface area contributed by atoms with E-state index in [1.54, 1.807) is 12.4 Å². The number of halogens is 1. The Morgan fingerprint density at radius 1 is 1.40 bits per heavy atom. The van der Waals surface area contributed by atoms with Crippen molar-refractivity contribution in [1.29, 1.82) is 5.26 Å². The van der Waals surface area contributed by atoms with Gasteiger partial charge in [-0.25, -0.2) is 4.98 Å². The number of hydrogen-bond donors (Lipinski definition) is 0. The SMILES string of the molecule is N#CCc1sc(-c2ccncc2)nc1Cl. The lowest BCUT2D eigenvalue weighted by atomic mass is 10.3. The molecule has 15 heavy (non-hydrogen) atoms. The van der Waals surface area contributed by atoms with Gasteiger partial charge in [0.25, 0.3) is 0 Å². The van der Waals surface area contributed by atoms with Crippen LogP contribution < -0.4 is 0 Å². The molecule has 3 nitrogen and oxygen atoms in total. The van der Waals surface area contributed by atoms with Crippen LogP contribution in [0, 0.1) is 11.3 Å². The van der Waals surface area contributed by atoms with E-state index in [1.807, 2.05) is 12.1 Å². The molecule has 0 saturated carbocycles. The predicted octanol–water partition coefficient (Wildman–Crippen LogP) is 2.92. The molecule has 0 spiro atoms. The summed E-state index contributed by atoms with van der Waals surface area (Å²) >= 11 is 7.35. The van der Waals surface area contributed by atoms with Crippen molar-refractivity contribution >= 4 is 22.9 Å². The van der Waals surface area contributed by atoms with Crippen LogP contribution in [0.25, 0.3) is 10.6 Å². The molecule has 0 unspecified atom stereocenters. The van der Waals surface area contributed by atoms with Gasteiger partial charge in [-0.15, -0.1) is 11.3 Å². The summed E-state index contributed by atoms with van der Waals surface area (Å²) in [4.78, 5) is 8.94. The Hall–Kier alpha value is -1.44. The van der Waals surface area contributed by atoms with Gasteiger partial charge in [-0.3, -0.25) is 4.98 Å². The molecule has 0 fully saturated rings. The fraction of sp³-hybridized carbons (Fsp3) is 0.100. The number of aromatic nitrogens is 2. The maximum Gasteiger partial charge on any atom is 0.144 e. The van der Waals surface area contributed by atoms with Crippen LogP contribution in [0.4, 0.5) is 0 Å². The summed E-state index contributed by atoms with van der Waals surface area (Å²) in [5.41, 5.74) is 0.973. The third kappa shape index (κ3) is 2.14. The third-order valence-corrected chi connectivity index (χ3v) is 3.35. The van der Waals surface area contributed by atoms with Crippen molar-refractivity contribution < 1.29 is 0 Å². The van der Waals surface area contributed by atoms with Crippen molar-refractivity contribution in [2.45, 2.75) is 6.42 Å². The number of hydrogen-bond acceptors (Lipinski definition) is 4. The van der Waals surface area contributed by atoms with Gasteiger partial charge in [-0.05, 0) is 12.1 Å². The highest BCUT2D eigenvalue weighted by Gasteiger charge is 2.09. The summed E-state index contributed by atoms with van der Waals surface area (Å²) in [7, 11) is 0. The van der Waals surface area contributed by atoms with Crippen molar-refractivity contribution in [1.82, 2.24) is 9.97 Å². The molecule has 2 aromatic heterocycles. The second-order valence-electron chi connectivity index (χ2n) is 2.80. The van der Waals surface area contributed by atoms with E-state index in [9.17, 15) is 0 Å². The van der Waals surface area contributed by atoms with Crippen molar-refractivity contribution in [3.05, 3.63) is 34.6 Å². The molecule has 0 saturated heterocycles. The van der Waals surface area contributed by atoms with Gasteiger partial charge in [0, 0.05) is 18.0 Å². The van der Waals surface area contributed by atoms with Gasteiger partial charge in [0.2, 0.25) is 0 Å². The highest BCUT2D eigenvalue weighted by atomic mass is 35.5. The first-order chi connectivity index (χ1) is 7.31. The van der Waals surface area contributed by atoms with Crippen LogP contribution in [0.2, 0.25) is 5.15 Å². The average molecular weight is 236 g/mol. The van der Waals surface area contributed by atoms with Crippen LogP contribution in [-0.4, -0.2) is 9.97 Å². The first kappa shape index (κ1) is 10.1. The van der Waals surface area contributed by atoms with Crippen molar-refractivity contribution in [3.63, 3.8) is 0 Å². The molecule has 0 aromatic carbocycles. The number of thiazole rings is 1. The second-order valence-corrected chi connectivity index (χ2v) is 4.25. The molecule has 0 N–H and O–H groups in total. The smallest absolute Gasteiger partial charge is 0.144 e. The molecule has 74 valence electrons. The molecule has 0 radical (unpaired) electrons. The van der Waals surface area contributed by atoms with E-state index in [2.05, 4.69) is 16.0 Å². The van der Waals surface area contributed by atoms with Gasteiger partial charge in [0.1, 0.15) is 10.2 Å². The maximum atomic E-state index is 8.58. The summed E-state index contributed by atoms with van der Waals surface area (Å²) in [5.74, 6) is 0. The Bertz CT molecular complexity index is 501. The van der Waals surface area contributed by atoms with Crippen LogP contribution in [0.3, 0.4) is 0 Å². The average Bonchev–Trinajstić information content (AvgIpc) is 2.63. The molecule has 2 aromatic rings. The zero-order valence-electron chi connectivity index (χ0n) is 7.64. The minimum Gasteiger partial charge on any atom is -0.265 e. The fourth-order valence-electron chi connectivity index (χ4n) is 1.13. The van der Waals surface area contributed by atoms with Gasteiger partial charge < -0.3 is 0 Å². The van der Waals surface area contributed by atoms with E-state index >= 15 is 0 Å². The zero-order valence-corrected chi connectivity index (χ0v) is 9.22. The quantitative estimate of drug-likeness (QED) is 0.804. The minimum atomic E-state index is 0.307. The van der Waals surface area contributed by atoms with Gasteiger partial charge in [0.15, 0.2) is 0 Å². The van der Waals surface area contributed by atoms with Crippen LogP contribution in [0.5, 0.6) is 0 Å². The lowest BCUT2D eigenvalue weighted by Crippen LogP contribution is -1.76. The molecule has 5 heteroatoms. The van der Waals surface area contributed by atoms with E-state index < -0.39 is 0 Å². The standard InChI is InChI=1S/C10H6ClN3S/c11-9-8(1-4-12)15-10(14-9)7-2-5-13-6-3-7/h2-3,5-6H,1H2. The molecule has 0 aliphatic rings. The predicted molar refractivity (Wildman–Crippen MR) is 59.7 cm³/mol. The second kappa shape index (κ2) is 4.39. The molecule has 0 amide bonds. The molecule has 0 bridgehead atoms. The molecular formula is C10H6ClN3S. The molecular weight excluding hydrogens is 230 g/mol. The minimum absolute atomic E-state index is 0.307. The summed E-state index contributed by atoms with van der Waals surface area (Å²) in [6.45, 7) is 0. The summed E-state index contributed by atoms with van der Waals surface area (Å²) < 4.78 is 0. The Labute approximate surface area is 96.0 Å². The van der Waals surface area contributed by atoms with E-state index in [0.717, 1.165) is 15.4 Å². The van der Waals surface area contributed by atoms with Crippen LogP contribution in [0.1, 0.15) is 4.88 Å². The lowest BCUT2D eigenvalue weighted by Gasteiger charge is -1.91. The number of rotatable bonds is 2. The third-order valence-electron chi connectivity index (χ3n) is 1.82. The lowest BCUT2D eigenvalue weighted by molar-refractivity contribution is 1.28. The molecule has 0 aliphatic carbocycles. The maximum absolute atomic E-state index is 8.58. The highest BCUT2D eigenvalue weighted by molar-refractivity contribution is 7.15. The fourth-order valence-corrected chi connectivity index (χ4v) is 2.34. The van der Waals surface area contributed by atoms with E-state index in [-0.39, 0.29) is 0 Å². The number of nitrogens with zero attached hydrogens (tertiary/aromatic N) is 3. The number of pyridine rings is 1. The Kier molecular flexibility index (Phi) is 2.95. The summed E-state index contributed by atoms with van der Waals surface area (Å²) in [6.07, 6.45) is 3.71. The Morgan fingerprint density at radius 2 is 2.13 bits per heavy atom. The Morgan fingerprint density at radius 3 is 2.80 bits per heavy atom. The van der Waals surface area contributed by atoms with E-state index in [1.165, 1.54) is 11.3 Å². The molecule has 0 atom stereocenters. The van der Waals surface area contributed by atoms with Crippen LogP contribution in [0.15, 0.2) is 24.5 Å². The summed E-state index contributed by atoms with van der Waals surface area (Å²) in [5, 5.41) is 9.84. The first-order valence-electron chi connectivity index (χ1n) is 4.24. The summed E-state index contributed by atoms with van der Waals surface area (Å²) in [6, 6.07) is 5.80. The monoisotopic (exact) mass is 235 g/mol. The molecule has 2 rings (SSSR count). The van der Waals surface area contributed by atoms with Gasteiger partial charge in [-0.1, -0.05) is 11.6 Å². The van der Waals surface area contributed by atoms with Crippen molar-refractivity contribution in [3.8, 4) is 16.6 Å². The van der Waals surface area contributed by atoms with Gasteiger partial charge in [-0.2, -0.15) is 5.26 Å². The van der Waals surface area contributed by atoms with Crippen molar-refractivity contribution in [2.24, 2.45) is 0 Å². The molecule has 2 heterocycles. The van der Waals surface area contributed by atoms with Gasteiger partial charge >= 0.3 is 0 Å². The van der Waals surface area contributed by atoms with Crippen molar-refractivity contribution in [2.75, 3.05) is 0 Å². The zero-order chi connectivity index (χ0) is 10.7. The largest absolute Gasteiger partial charge is 0.265 e. The van der Waals surface area contributed by atoms with E-state index in [4.69, 9.17) is 16.9 Å². The first-order valence-corrected chi connectivity index (χ1v) is 5.43. The van der Waals surface area contributed by atoms with Crippen LogP contribution in [-0.2, 0) is 6.42 Å².